The first-order valence-electron chi connectivity index (χ1n) is 10.4. The van der Waals surface area contributed by atoms with Crippen molar-refractivity contribution < 1.29 is 18.4 Å². The van der Waals surface area contributed by atoms with E-state index < -0.39 is 17.0 Å². The fraction of sp³-hybridized carbons (Fsp3) is 0.636. The molecule has 1 aromatic carbocycles. The molecule has 7 heteroatoms. The van der Waals surface area contributed by atoms with E-state index in [1.54, 1.807) is 20.0 Å². The van der Waals surface area contributed by atoms with Crippen molar-refractivity contribution in [2.24, 2.45) is 16.7 Å². The number of hydrogen-bond donors (Lipinski definition) is 1. The zero-order valence-corrected chi connectivity index (χ0v) is 17.1. The Balaban J connectivity index is 1.48. The van der Waals surface area contributed by atoms with E-state index in [1.807, 2.05) is 4.90 Å². The van der Waals surface area contributed by atoms with Gasteiger partial charge in [-0.2, -0.15) is 0 Å². The Bertz CT molecular complexity index is 822. The van der Waals surface area contributed by atoms with Crippen molar-refractivity contribution in [3.05, 3.63) is 35.4 Å². The number of hydrogen-bond acceptors (Lipinski definition) is 3. The first-order chi connectivity index (χ1) is 13.8. The van der Waals surface area contributed by atoms with E-state index in [0.29, 0.717) is 19.6 Å². The second-order valence-corrected chi connectivity index (χ2v) is 9.07. The topological polar surface area (TPSA) is 52.7 Å². The lowest BCUT2D eigenvalue weighted by Gasteiger charge is -2.44. The van der Waals surface area contributed by atoms with Crippen LogP contribution in [0.5, 0.6) is 0 Å². The van der Waals surface area contributed by atoms with Gasteiger partial charge in [-0.3, -0.25) is 14.5 Å². The third kappa shape index (κ3) is 3.33. The second-order valence-electron chi connectivity index (χ2n) is 9.07. The fourth-order valence-corrected chi connectivity index (χ4v) is 6.07. The molecule has 0 radical (unpaired) electrons. The summed E-state index contributed by atoms with van der Waals surface area (Å²) in [4.78, 5) is 29.0. The molecule has 3 aliphatic rings. The van der Waals surface area contributed by atoms with Gasteiger partial charge in [0.25, 0.3) is 0 Å². The zero-order valence-electron chi connectivity index (χ0n) is 17.1. The lowest BCUT2D eigenvalue weighted by Crippen LogP contribution is -2.48. The molecule has 1 N–H and O–H groups in total. The quantitative estimate of drug-likeness (QED) is 0.841. The molecule has 2 aliphatic heterocycles. The average Bonchev–Trinajstić information content (AvgIpc) is 3.24. The van der Waals surface area contributed by atoms with Crippen molar-refractivity contribution in [1.82, 2.24) is 15.1 Å². The summed E-state index contributed by atoms with van der Waals surface area (Å²) in [6, 6.07) is 4.09. The molecule has 2 amide bonds. The molecule has 1 spiro atoms. The maximum atomic E-state index is 13.5. The lowest BCUT2D eigenvalue weighted by atomic mass is 9.65. The van der Waals surface area contributed by atoms with Crippen molar-refractivity contribution in [2.45, 2.75) is 39.2 Å². The van der Waals surface area contributed by atoms with Crippen LogP contribution < -0.4 is 5.32 Å². The van der Waals surface area contributed by atoms with Crippen LogP contribution in [0.4, 0.5) is 8.78 Å². The summed E-state index contributed by atoms with van der Waals surface area (Å²) in [5.74, 6) is -1.35. The van der Waals surface area contributed by atoms with Gasteiger partial charge in [-0.25, -0.2) is 8.78 Å². The molecule has 5 nitrogen and oxygen atoms in total. The maximum absolute atomic E-state index is 13.5. The predicted molar refractivity (Wildman–Crippen MR) is 105 cm³/mol. The number of carbonyl (C=O) groups excluding carboxylic acids is 2. The molecule has 0 aromatic heterocycles. The van der Waals surface area contributed by atoms with E-state index in [0.717, 1.165) is 44.3 Å². The van der Waals surface area contributed by atoms with E-state index in [9.17, 15) is 18.4 Å². The number of nitrogens with one attached hydrogen (secondary N) is 1. The Morgan fingerprint density at radius 2 is 1.86 bits per heavy atom. The van der Waals surface area contributed by atoms with Crippen LogP contribution in [0, 0.1) is 28.4 Å². The number of likely N-dealkylation sites (tertiary alicyclic amines) is 2. The summed E-state index contributed by atoms with van der Waals surface area (Å²) in [6.07, 6.45) is 3.76. The summed E-state index contributed by atoms with van der Waals surface area (Å²) >= 11 is 0. The van der Waals surface area contributed by atoms with E-state index >= 15 is 0 Å². The van der Waals surface area contributed by atoms with Crippen LogP contribution >= 0.6 is 0 Å². The molecular weight excluding hydrogens is 376 g/mol. The Morgan fingerprint density at radius 1 is 1.14 bits per heavy atom. The molecular formula is C22H29F2N3O2. The molecule has 2 saturated heterocycles. The molecule has 2 atom stereocenters. The smallest absolute Gasteiger partial charge is 0.228 e. The lowest BCUT2D eigenvalue weighted by molar-refractivity contribution is -0.133. The van der Waals surface area contributed by atoms with Gasteiger partial charge in [-0.1, -0.05) is 6.07 Å². The highest BCUT2D eigenvalue weighted by Gasteiger charge is 2.64. The summed E-state index contributed by atoms with van der Waals surface area (Å²) < 4.78 is 26.7. The number of rotatable bonds is 3. The van der Waals surface area contributed by atoms with E-state index in [-0.39, 0.29) is 23.1 Å². The molecule has 3 fully saturated rings. The Labute approximate surface area is 170 Å². The van der Waals surface area contributed by atoms with Gasteiger partial charge in [0, 0.05) is 33.6 Å². The monoisotopic (exact) mass is 405 g/mol. The number of benzene rings is 1. The van der Waals surface area contributed by atoms with Crippen LogP contribution in [0.3, 0.4) is 0 Å². The second kappa shape index (κ2) is 7.35. The minimum Gasteiger partial charge on any atom is -0.359 e. The van der Waals surface area contributed by atoms with Crippen LogP contribution in [-0.4, -0.2) is 54.8 Å². The summed E-state index contributed by atoms with van der Waals surface area (Å²) in [5.41, 5.74) is 0.374. The molecule has 29 heavy (non-hydrogen) atoms. The summed E-state index contributed by atoms with van der Waals surface area (Å²) in [5, 5.41) is 2.85. The summed E-state index contributed by atoms with van der Waals surface area (Å²) in [7, 11) is 1.68. The fourth-order valence-electron chi connectivity index (χ4n) is 6.07. The predicted octanol–water partition coefficient (Wildman–Crippen LogP) is 2.55. The van der Waals surface area contributed by atoms with E-state index in [1.165, 1.54) is 12.1 Å². The third-order valence-electron chi connectivity index (χ3n) is 7.72. The number of fused-ring (bicyclic) bond motifs is 2. The summed E-state index contributed by atoms with van der Waals surface area (Å²) in [6.45, 7) is 5.07. The first kappa shape index (κ1) is 20.3. The number of carbonyl (C=O) groups is 2. The minimum atomic E-state index is -0.820. The highest BCUT2D eigenvalue weighted by Crippen LogP contribution is 2.62. The largest absolute Gasteiger partial charge is 0.359 e. The van der Waals surface area contributed by atoms with Gasteiger partial charge >= 0.3 is 0 Å². The third-order valence-corrected chi connectivity index (χ3v) is 7.72. The normalized spacial score (nSPS) is 28.6. The van der Waals surface area contributed by atoms with Crippen LogP contribution in [0.1, 0.15) is 38.2 Å². The van der Waals surface area contributed by atoms with Crippen molar-refractivity contribution in [3.63, 3.8) is 0 Å². The number of amides is 2. The van der Waals surface area contributed by atoms with E-state index in [4.69, 9.17) is 0 Å². The molecule has 0 bridgehead atoms. The number of nitrogens with zero attached hydrogens (tertiary/aromatic N) is 2. The van der Waals surface area contributed by atoms with Crippen molar-refractivity contribution in [3.8, 4) is 0 Å². The molecule has 4 rings (SSSR count). The van der Waals surface area contributed by atoms with Gasteiger partial charge in [-0.15, -0.1) is 0 Å². The van der Waals surface area contributed by atoms with E-state index in [2.05, 4.69) is 10.2 Å². The molecule has 1 saturated carbocycles. The Kier molecular flexibility index (Phi) is 5.13. The van der Waals surface area contributed by atoms with Gasteiger partial charge in [0.1, 0.15) is 0 Å². The van der Waals surface area contributed by atoms with Gasteiger partial charge in [0.05, 0.1) is 5.41 Å². The minimum absolute atomic E-state index is 0.0357. The first-order valence-corrected chi connectivity index (χ1v) is 10.4. The van der Waals surface area contributed by atoms with Crippen LogP contribution in [0.15, 0.2) is 18.2 Å². The van der Waals surface area contributed by atoms with Gasteiger partial charge in [0.15, 0.2) is 11.6 Å². The SMILES string of the molecule is CNC(=O)[C@@]12CCC3(CCN(Cc4ccc(F)c(F)c4)CC3)[C@@H]1CN(C(C)=O)C2. The highest BCUT2D eigenvalue weighted by atomic mass is 19.2. The van der Waals surface area contributed by atoms with Crippen LogP contribution in [0.25, 0.3) is 0 Å². The van der Waals surface area contributed by atoms with Gasteiger partial charge < -0.3 is 10.2 Å². The van der Waals surface area contributed by atoms with Gasteiger partial charge in [-0.05, 0) is 67.8 Å². The maximum Gasteiger partial charge on any atom is 0.228 e. The molecule has 1 aromatic rings. The standard InChI is InChI=1S/C22H29F2N3O2/c1-15(28)27-13-19-21(5-6-22(19,14-27)20(29)25-2)7-9-26(10-8-21)12-16-3-4-17(23)18(24)11-16/h3-4,11,19H,5-10,12-14H2,1-2H3,(H,25,29)/t19-,22+/m0/s1. The molecule has 2 heterocycles. The highest BCUT2D eigenvalue weighted by molar-refractivity contribution is 5.85. The Hall–Kier alpha value is -2.02. The van der Waals surface area contributed by atoms with Crippen LogP contribution in [-0.2, 0) is 16.1 Å². The van der Waals surface area contributed by atoms with Crippen LogP contribution in [0.2, 0.25) is 0 Å². The molecule has 158 valence electrons. The number of halogens is 2. The average molecular weight is 405 g/mol. The van der Waals surface area contributed by atoms with Crippen molar-refractivity contribution in [1.29, 1.82) is 0 Å². The number of piperidine rings is 1. The van der Waals surface area contributed by atoms with Crippen molar-refractivity contribution >= 4 is 11.8 Å². The molecule has 0 unspecified atom stereocenters. The zero-order chi connectivity index (χ0) is 20.8. The Morgan fingerprint density at radius 3 is 2.48 bits per heavy atom. The molecule has 1 aliphatic carbocycles. The van der Waals surface area contributed by atoms with Gasteiger partial charge in [0.2, 0.25) is 11.8 Å². The van der Waals surface area contributed by atoms with Crippen molar-refractivity contribution in [2.75, 3.05) is 33.2 Å².